The molecule has 0 aliphatic heterocycles. The Morgan fingerprint density at radius 3 is 2.68 bits per heavy atom. The minimum absolute atomic E-state index is 0.336. The van der Waals surface area contributed by atoms with Crippen molar-refractivity contribution < 1.29 is 0 Å². The zero-order valence-corrected chi connectivity index (χ0v) is 12.7. The standard InChI is InChI=1S/C17H13ClN4/c1-12-7-8-14(18)10-16(12)22-17(15(11-19)20-21-22)9-13-5-3-2-4-6-13/h2-8,10H,9H2,1H3. The van der Waals surface area contributed by atoms with Crippen LogP contribution in [0.4, 0.5) is 0 Å². The first-order chi connectivity index (χ1) is 10.7. The Morgan fingerprint density at radius 1 is 1.18 bits per heavy atom. The molecule has 0 amide bonds. The van der Waals surface area contributed by atoms with E-state index in [9.17, 15) is 5.26 Å². The van der Waals surface area contributed by atoms with Gasteiger partial charge in [0, 0.05) is 11.4 Å². The number of hydrogen-bond donors (Lipinski definition) is 0. The molecule has 0 bridgehead atoms. The summed E-state index contributed by atoms with van der Waals surface area (Å²) in [6.07, 6.45) is 0.586. The topological polar surface area (TPSA) is 54.5 Å². The summed E-state index contributed by atoms with van der Waals surface area (Å²) in [5.41, 5.74) is 4.06. The Morgan fingerprint density at radius 2 is 1.95 bits per heavy atom. The monoisotopic (exact) mass is 308 g/mol. The zero-order chi connectivity index (χ0) is 15.5. The van der Waals surface area contributed by atoms with Crippen LogP contribution in [0.15, 0.2) is 48.5 Å². The van der Waals surface area contributed by atoms with Crippen molar-refractivity contribution in [2.45, 2.75) is 13.3 Å². The van der Waals surface area contributed by atoms with Crippen LogP contribution < -0.4 is 0 Å². The summed E-state index contributed by atoms with van der Waals surface area (Å²) in [6.45, 7) is 1.98. The minimum Gasteiger partial charge on any atom is -0.216 e. The van der Waals surface area contributed by atoms with Gasteiger partial charge in [0.2, 0.25) is 0 Å². The molecule has 22 heavy (non-hydrogen) atoms. The molecular formula is C17H13ClN4. The zero-order valence-electron chi connectivity index (χ0n) is 12.0. The lowest BCUT2D eigenvalue weighted by Gasteiger charge is -2.10. The summed E-state index contributed by atoms with van der Waals surface area (Å²) >= 11 is 6.09. The highest BCUT2D eigenvalue weighted by atomic mass is 35.5. The van der Waals surface area contributed by atoms with Crippen molar-refractivity contribution in [2.75, 3.05) is 0 Å². The van der Waals surface area contributed by atoms with Gasteiger partial charge in [0.25, 0.3) is 0 Å². The second kappa shape index (κ2) is 6.00. The molecule has 1 heterocycles. The molecule has 0 unspecified atom stereocenters. The number of aryl methyl sites for hydroxylation is 1. The van der Waals surface area contributed by atoms with E-state index in [0.717, 1.165) is 22.5 Å². The van der Waals surface area contributed by atoms with Gasteiger partial charge in [0.1, 0.15) is 6.07 Å². The van der Waals surface area contributed by atoms with E-state index >= 15 is 0 Å². The van der Waals surface area contributed by atoms with E-state index < -0.39 is 0 Å². The molecule has 0 aliphatic carbocycles. The Labute approximate surface area is 133 Å². The van der Waals surface area contributed by atoms with Gasteiger partial charge in [0.15, 0.2) is 5.69 Å². The fourth-order valence-electron chi connectivity index (χ4n) is 2.34. The van der Waals surface area contributed by atoms with Crippen LogP contribution in [0, 0.1) is 18.3 Å². The van der Waals surface area contributed by atoms with Crippen molar-refractivity contribution in [1.29, 1.82) is 5.26 Å². The van der Waals surface area contributed by atoms with Crippen molar-refractivity contribution in [3.63, 3.8) is 0 Å². The van der Waals surface area contributed by atoms with Gasteiger partial charge in [-0.25, -0.2) is 4.68 Å². The second-order valence-electron chi connectivity index (χ2n) is 5.00. The Hall–Kier alpha value is -2.64. The molecule has 0 radical (unpaired) electrons. The number of nitriles is 1. The number of hydrogen-bond acceptors (Lipinski definition) is 3. The molecule has 5 heteroatoms. The van der Waals surface area contributed by atoms with Gasteiger partial charge < -0.3 is 0 Å². The van der Waals surface area contributed by atoms with Gasteiger partial charge in [-0.05, 0) is 30.2 Å². The van der Waals surface area contributed by atoms with E-state index in [1.807, 2.05) is 55.5 Å². The molecule has 0 atom stereocenters. The molecular weight excluding hydrogens is 296 g/mol. The van der Waals surface area contributed by atoms with E-state index in [-0.39, 0.29) is 0 Å². The molecule has 2 aromatic carbocycles. The average Bonchev–Trinajstić information content (AvgIpc) is 2.93. The van der Waals surface area contributed by atoms with Crippen LogP contribution in [0.1, 0.15) is 22.5 Å². The summed E-state index contributed by atoms with van der Waals surface area (Å²) in [6, 6.07) is 17.7. The number of nitrogens with zero attached hydrogens (tertiary/aromatic N) is 4. The lowest BCUT2D eigenvalue weighted by molar-refractivity contribution is 0.768. The predicted molar refractivity (Wildman–Crippen MR) is 85.1 cm³/mol. The van der Waals surface area contributed by atoms with Crippen molar-refractivity contribution >= 4 is 11.6 Å². The summed E-state index contributed by atoms with van der Waals surface area (Å²) < 4.78 is 1.70. The molecule has 0 saturated carbocycles. The maximum atomic E-state index is 9.29. The van der Waals surface area contributed by atoms with Crippen LogP contribution in [-0.2, 0) is 6.42 Å². The second-order valence-corrected chi connectivity index (χ2v) is 5.44. The lowest BCUT2D eigenvalue weighted by Crippen LogP contribution is -2.06. The van der Waals surface area contributed by atoms with Crippen molar-refractivity contribution in [3.8, 4) is 11.8 Å². The van der Waals surface area contributed by atoms with Crippen LogP contribution >= 0.6 is 11.6 Å². The maximum Gasteiger partial charge on any atom is 0.186 e. The molecule has 0 fully saturated rings. The van der Waals surface area contributed by atoms with Gasteiger partial charge in [-0.15, -0.1) is 5.10 Å². The number of benzene rings is 2. The molecule has 108 valence electrons. The van der Waals surface area contributed by atoms with Gasteiger partial charge in [-0.2, -0.15) is 5.26 Å². The number of halogens is 1. The summed E-state index contributed by atoms with van der Waals surface area (Å²) in [5, 5.41) is 18.0. The molecule has 1 aromatic heterocycles. The van der Waals surface area contributed by atoms with Gasteiger partial charge >= 0.3 is 0 Å². The maximum absolute atomic E-state index is 9.29. The van der Waals surface area contributed by atoms with Crippen LogP contribution in [0.3, 0.4) is 0 Å². The van der Waals surface area contributed by atoms with E-state index in [4.69, 9.17) is 11.6 Å². The molecule has 0 saturated heterocycles. The molecule has 3 rings (SSSR count). The smallest absolute Gasteiger partial charge is 0.186 e. The largest absolute Gasteiger partial charge is 0.216 e. The minimum atomic E-state index is 0.336. The Bertz CT molecular complexity index is 847. The van der Waals surface area contributed by atoms with Gasteiger partial charge in [-0.3, -0.25) is 0 Å². The van der Waals surface area contributed by atoms with E-state index in [1.165, 1.54) is 0 Å². The Balaban J connectivity index is 2.12. The van der Waals surface area contributed by atoms with Crippen molar-refractivity contribution in [3.05, 3.63) is 76.1 Å². The van der Waals surface area contributed by atoms with E-state index in [2.05, 4.69) is 16.4 Å². The predicted octanol–water partition coefficient (Wildman–Crippen LogP) is 3.69. The third-order valence-corrected chi connectivity index (χ3v) is 3.72. The SMILES string of the molecule is Cc1ccc(Cl)cc1-n1nnc(C#N)c1Cc1ccccc1. The number of aromatic nitrogens is 3. The summed E-state index contributed by atoms with van der Waals surface area (Å²) in [5.74, 6) is 0. The van der Waals surface area contributed by atoms with Crippen LogP contribution in [0.5, 0.6) is 0 Å². The van der Waals surface area contributed by atoms with Crippen molar-refractivity contribution in [2.24, 2.45) is 0 Å². The van der Waals surface area contributed by atoms with Crippen molar-refractivity contribution in [1.82, 2.24) is 15.0 Å². The first-order valence-electron chi connectivity index (χ1n) is 6.84. The van der Waals surface area contributed by atoms with E-state index in [0.29, 0.717) is 17.1 Å². The van der Waals surface area contributed by atoms with Gasteiger partial charge in [-0.1, -0.05) is 53.2 Å². The molecule has 0 spiro atoms. The molecule has 3 aromatic rings. The highest BCUT2D eigenvalue weighted by molar-refractivity contribution is 6.30. The third kappa shape index (κ3) is 2.72. The first-order valence-corrected chi connectivity index (χ1v) is 7.22. The fraction of sp³-hybridized carbons (Fsp3) is 0.118. The average molecular weight is 309 g/mol. The van der Waals surface area contributed by atoms with E-state index in [1.54, 1.807) is 4.68 Å². The normalized spacial score (nSPS) is 10.4. The fourth-order valence-corrected chi connectivity index (χ4v) is 2.51. The quantitative estimate of drug-likeness (QED) is 0.741. The summed E-state index contributed by atoms with van der Waals surface area (Å²) in [7, 11) is 0. The Kier molecular flexibility index (Phi) is 3.90. The first kappa shape index (κ1) is 14.3. The van der Waals surface area contributed by atoms with Gasteiger partial charge in [0.05, 0.1) is 11.4 Å². The lowest BCUT2D eigenvalue weighted by atomic mass is 10.1. The van der Waals surface area contributed by atoms with Crippen LogP contribution in [0.2, 0.25) is 5.02 Å². The molecule has 0 aliphatic rings. The summed E-state index contributed by atoms with van der Waals surface area (Å²) in [4.78, 5) is 0. The van der Waals surface area contributed by atoms with Crippen LogP contribution in [0.25, 0.3) is 5.69 Å². The highest BCUT2D eigenvalue weighted by Crippen LogP contribution is 2.22. The van der Waals surface area contributed by atoms with Crippen LogP contribution in [-0.4, -0.2) is 15.0 Å². The molecule has 0 N–H and O–H groups in total. The number of rotatable bonds is 3. The molecule has 4 nitrogen and oxygen atoms in total. The highest BCUT2D eigenvalue weighted by Gasteiger charge is 2.16. The third-order valence-electron chi connectivity index (χ3n) is 3.48.